The highest BCUT2D eigenvalue weighted by atomic mass is 32.1. The molecule has 0 aliphatic heterocycles. The third kappa shape index (κ3) is 4.39. The van der Waals surface area contributed by atoms with Crippen molar-refractivity contribution in [3.05, 3.63) is 83.1 Å². The molecule has 1 amide bonds. The van der Waals surface area contributed by atoms with Gasteiger partial charge in [0.2, 0.25) is 11.0 Å². The average Bonchev–Trinajstić information content (AvgIpc) is 3.13. The molecule has 0 spiro atoms. The predicted octanol–water partition coefficient (Wildman–Crippen LogP) is 3.72. The molecule has 132 valence electrons. The molecule has 0 aliphatic rings. The molecule has 4 rings (SSSR count). The van der Waals surface area contributed by atoms with Gasteiger partial charge in [0.25, 0.3) is 0 Å². The van der Waals surface area contributed by atoms with Crippen molar-refractivity contribution in [2.75, 3.05) is 5.32 Å². The lowest BCUT2D eigenvalue weighted by Crippen LogP contribution is -2.07. The van der Waals surface area contributed by atoms with Crippen LogP contribution in [-0.2, 0) is 11.2 Å². The van der Waals surface area contributed by atoms with Crippen molar-refractivity contribution in [2.24, 2.45) is 0 Å². The topological polar surface area (TPSA) is 80.7 Å². The fourth-order valence-electron chi connectivity index (χ4n) is 2.51. The molecule has 0 radical (unpaired) electrons. The number of carbonyl (C=O) groups excluding carboxylic acids is 1. The van der Waals surface area contributed by atoms with Gasteiger partial charge >= 0.3 is 0 Å². The quantitative estimate of drug-likeness (QED) is 0.539. The number of para-hydroxylation sites is 2. The van der Waals surface area contributed by atoms with Gasteiger partial charge < -0.3 is 0 Å². The number of hydrogen-bond donors (Lipinski definition) is 1. The number of hydrogen-bond acceptors (Lipinski definition) is 6. The van der Waals surface area contributed by atoms with Crippen LogP contribution >= 0.6 is 11.3 Å². The van der Waals surface area contributed by atoms with E-state index in [1.165, 1.54) is 17.4 Å². The van der Waals surface area contributed by atoms with Crippen LogP contribution in [0.3, 0.4) is 0 Å². The van der Waals surface area contributed by atoms with Crippen LogP contribution in [0.2, 0.25) is 0 Å². The van der Waals surface area contributed by atoms with Crippen LogP contribution in [0.5, 0.6) is 0 Å². The van der Waals surface area contributed by atoms with Crippen molar-refractivity contribution in [1.82, 2.24) is 20.2 Å². The highest BCUT2D eigenvalue weighted by Gasteiger charge is 2.07. The highest BCUT2D eigenvalue weighted by Crippen LogP contribution is 2.18. The highest BCUT2D eigenvalue weighted by molar-refractivity contribution is 7.15. The fraction of sp³-hybridized carbons (Fsp3) is 0.0500. The lowest BCUT2D eigenvalue weighted by atomic mass is 10.2. The van der Waals surface area contributed by atoms with Gasteiger partial charge in [-0.2, -0.15) is 0 Å². The molecule has 2 aromatic carbocycles. The monoisotopic (exact) mass is 373 g/mol. The first-order valence-electron chi connectivity index (χ1n) is 8.33. The summed E-state index contributed by atoms with van der Waals surface area (Å²) in [6, 6.07) is 17.6. The second-order valence-electron chi connectivity index (χ2n) is 5.77. The minimum Gasteiger partial charge on any atom is -0.297 e. The molecule has 0 aliphatic carbocycles. The van der Waals surface area contributed by atoms with E-state index in [0.29, 0.717) is 17.2 Å². The summed E-state index contributed by atoms with van der Waals surface area (Å²) in [5.41, 5.74) is 3.38. The van der Waals surface area contributed by atoms with Gasteiger partial charge in [-0.05, 0) is 23.8 Å². The molecule has 7 heteroatoms. The molecule has 1 N–H and O–H groups in total. The summed E-state index contributed by atoms with van der Waals surface area (Å²) in [7, 11) is 0. The summed E-state index contributed by atoms with van der Waals surface area (Å²) in [6.45, 7) is 0. The lowest BCUT2D eigenvalue weighted by Gasteiger charge is -1.98. The third-order valence-electron chi connectivity index (χ3n) is 3.77. The van der Waals surface area contributed by atoms with Crippen LogP contribution in [0.4, 0.5) is 5.13 Å². The Labute approximate surface area is 159 Å². The second-order valence-corrected chi connectivity index (χ2v) is 6.83. The Hall–Kier alpha value is -3.45. The molecule has 2 heterocycles. The smallest absolute Gasteiger partial charge is 0.250 e. The van der Waals surface area contributed by atoms with E-state index in [-0.39, 0.29) is 5.91 Å². The number of nitrogens with one attached hydrogen (secondary N) is 1. The Morgan fingerprint density at radius 3 is 2.63 bits per heavy atom. The maximum Gasteiger partial charge on any atom is 0.250 e. The minimum absolute atomic E-state index is 0.285. The maximum absolute atomic E-state index is 12.1. The first-order valence-corrected chi connectivity index (χ1v) is 9.15. The summed E-state index contributed by atoms with van der Waals surface area (Å²) in [4.78, 5) is 20.9. The van der Waals surface area contributed by atoms with E-state index in [4.69, 9.17) is 0 Å². The van der Waals surface area contributed by atoms with Gasteiger partial charge in [-0.1, -0.05) is 53.8 Å². The van der Waals surface area contributed by atoms with E-state index in [0.717, 1.165) is 21.6 Å². The van der Waals surface area contributed by atoms with Crippen LogP contribution < -0.4 is 5.32 Å². The summed E-state index contributed by atoms with van der Waals surface area (Å²) in [5, 5.41) is 12.2. The van der Waals surface area contributed by atoms with Crippen LogP contribution in [0, 0.1) is 0 Å². The molecule has 27 heavy (non-hydrogen) atoms. The van der Waals surface area contributed by atoms with Gasteiger partial charge in [0.1, 0.15) is 5.01 Å². The van der Waals surface area contributed by atoms with Crippen LogP contribution in [0.25, 0.3) is 17.1 Å². The number of aromatic nitrogens is 4. The number of anilines is 1. The number of benzene rings is 2. The zero-order chi connectivity index (χ0) is 18.5. The van der Waals surface area contributed by atoms with Crippen molar-refractivity contribution < 1.29 is 4.79 Å². The number of rotatable bonds is 5. The molecule has 6 nitrogen and oxygen atoms in total. The zero-order valence-corrected chi connectivity index (χ0v) is 15.1. The molecular formula is C20H15N5OS. The van der Waals surface area contributed by atoms with E-state index in [1.54, 1.807) is 12.3 Å². The lowest BCUT2D eigenvalue weighted by molar-refractivity contribution is -0.111. The molecule has 0 fully saturated rings. The Balaban J connectivity index is 1.39. The van der Waals surface area contributed by atoms with E-state index in [2.05, 4.69) is 25.5 Å². The van der Waals surface area contributed by atoms with Gasteiger partial charge in [0.05, 0.1) is 22.9 Å². The molecule has 4 aromatic rings. The summed E-state index contributed by atoms with van der Waals surface area (Å²) < 4.78 is 0. The van der Waals surface area contributed by atoms with Gasteiger partial charge in [-0.25, -0.2) is 4.98 Å². The SMILES string of the molecule is O=C(/C=C/c1cnc2ccccc2n1)Nc1nnc(Cc2ccccc2)s1. The molecule has 0 saturated carbocycles. The van der Waals surface area contributed by atoms with Gasteiger partial charge in [0, 0.05) is 12.5 Å². The Bertz CT molecular complexity index is 1110. The van der Waals surface area contributed by atoms with Gasteiger partial charge in [0.15, 0.2) is 0 Å². The summed E-state index contributed by atoms with van der Waals surface area (Å²) in [5.74, 6) is -0.285. The summed E-state index contributed by atoms with van der Waals surface area (Å²) >= 11 is 1.36. The van der Waals surface area contributed by atoms with E-state index >= 15 is 0 Å². The minimum atomic E-state index is -0.285. The number of carbonyl (C=O) groups is 1. The molecule has 0 atom stereocenters. The molecule has 0 unspecified atom stereocenters. The van der Waals surface area contributed by atoms with Crippen LogP contribution in [-0.4, -0.2) is 26.1 Å². The number of nitrogens with zero attached hydrogens (tertiary/aromatic N) is 4. The molecule has 2 aromatic heterocycles. The Kier molecular flexibility index (Phi) is 4.93. The first-order chi connectivity index (χ1) is 13.3. The second kappa shape index (κ2) is 7.84. The molecular weight excluding hydrogens is 358 g/mol. The normalized spacial score (nSPS) is 11.1. The van der Waals surface area contributed by atoms with Crippen molar-refractivity contribution in [3.63, 3.8) is 0 Å². The largest absolute Gasteiger partial charge is 0.297 e. The van der Waals surface area contributed by atoms with E-state index in [1.807, 2.05) is 54.6 Å². The van der Waals surface area contributed by atoms with Crippen molar-refractivity contribution in [2.45, 2.75) is 6.42 Å². The van der Waals surface area contributed by atoms with Crippen LogP contribution in [0.1, 0.15) is 16.3 Å². The van der Waals surface area contributed by atoms with E-state index < -0.39 is 0 Å². The first kappa shape index (κ1) is 17.0. The summed E-state index contributed by atoms with van der Waals surface area (Å²) in [6.07, 6.45) is 5.36. The van der Waals surface area contributed by atoms with E-state index in [9.17, 15) is 4.79 Å². The number of fused-ring (bicyclic) bond motifs is 1. The Morgan fingerprint density at radius 1 is 1.00 bits per heavy atom. The predicted molar refractivity (Wildman–Crippen MR) is 106 cm³/mol. The fourth-order valence-corrected chi connectivity index (χ4v) is 3.28. The van der Waals surface area contributed by atoms with Gasteiger partial charge in [-0.15, -0.1) is 10.2 Å². The molecule has 0 saturated heterocycles. The Morgan fingerprint density at radius 2 is 1.78 bits per heavy atom. The number of amides is 1. The average molecular weight is 373 g/mol. The third-order valence-corrected chi connectivity index (χ3v) is 4.61. The standard InChI is InChI=1S/C20H15N5OS/c26-18(11-10-15-13-21-16-8-4-5-9-17(16)22-15)23-20-25-24-19(27-20)12-14-6-2-1-3-7-14/h1-11,13H,12H2,(H,23,25,26)/b11-10+. The van der Waals surface area contributed by atoms with Crippen molar-refractivity contribution >= 4 is 39.5 Å². The molecule has 0 bridgehead atoms. The van der Waals surface area contributed by atoms with Gasteiger partial charge in [-0.3, -0.25) is 15.1 Å². The van der Waals surface area contributed by atoms with Crippen molar-refractivity contribution in [3.8, 4) is 0 Å². The zero-order valence-electron chi connectivity index (χ0n) is 14.2. The van der Waals surface area contributed by atoms with Crippen molar-refractivity contribution in [1.29, 1.82) is 0 Å². The maximum atomic E-state index is 12.1. The van der Waals surface area contributed by atoms with Crippen LogP contribution in [0.15, 0.2) is 66.9 Å².